The van der Waals surface area contributed by atoms with E-state index in [4.69, 9.17) is 14.2 Å². The van der Waals surface area contributed by atoms with Gasteiger partial charge in [-0.15, -0.1) is 0 Å². The first-order valence-electron chi connectivity index (χ1n) is 10.8. The number of benzene rings is 2. The number of rotatable bonds is 8. The van der Waals surface area contributed by atoms with Crippen LogP contribution in [0.25, 0.3) is 22.8 Å². The summed E-state index contributed by atoms with van der Waals surface area (Å²) < 4.78 is 11.5. The van der Waals surface area contributed by atoms with Gasteiger partial charge in [-0.2, -0.15) is 4.98 Å². The molecular formula is C24H30N4O3. The molecule has 31 heavy (non-hydrogen) atoms. The zero-order chi connectivity index (χ0) is 22.0. The molecule has 7 nitrogen and oxygen atoms in total. The van der Waals surface area contributed by atoms with Crippen LogP contribution in [-0.2, 0) is 6.42 Å². The second kappa shape index (κ2) is 9.08. The minimum Gasteiger partial charge on any atom is -0.489 e. The number of aliphatic hydroxyl groups is 1. The first kappa shape index (κ1) is 21.3. The number of ether oxygens (including phenoxy) is 1. The molecule has 0 unspecified atom stereocenters. The average molecular weight is 423 g/mol. The minimum atomic E-state index is 0.0911. The largest absolute Gasteiger partial charge is 0.489 e. The average Bonchev–Trinajstić information content (AvgIpc) is 3.41. The number of nitrogens with zero attached hydrogens (tertiary/aromatic N) is 3. The fourth-order valence-corrected chi connectivity index (χ4v) is 4.28. The molecule has 1 aromatic heterocycles. The maximum Gasteiger partial charge on any atom is 0.258 e. The lowest BCUT2D eigenvalue weighted by Gasteiger charge is -2.24. The lowest BCUT2D eigenvalue weighted by molar-refractivity contribution is 0.180. The van der Waals surface area contributed by atoms with Gasteiger partial charge >= 0.3 is 0 Å². The molecule has 2 N–H and O–H groups in total. The molecule has 0 saturated heterocycles. The molecule has 0 spiro atoms. The topological polar surface area (TPSA) is 83.7 Å². The molecule has 0 radical (unpaired) electrons. The molecule has 1 aliphatic rings. The number of likely N-dealkylation sites (N-methyl/N-ethyl adjacent to an activating group) is 1. The number of aromatic nitrogens is 2. The van der Waals surface area contributed by atoms with Crippen molar-refractivity contribution in [2.45, 2.75) is 38.8 Å². The fraction of sp³-hybridized carbons (Fsp3) is 0.417. The Kier molecular flexibility index (Phi) is 6.25. The van der Waals surface area contributed by atoms with Crippen molar-refractivity contribution in [1.82, 2.24) is 15.0 Å². The van der Waals surface area contributed by atoms with E-state index in [0.717, 1.165) is 35.4 Å². The van der Waals surface area contributed by atoms with Crippen LogP contribution in [0.3, 0.4) is 0 Å². The van der Waals surface area contributed by atoms with Gasteiger partial charge in [0.2, 0.25) is 5.82 Å². The van der Waals surface area contributed by atoms with Gasteiger partial charge < -0.3 is 19.7 Å². The van der Waals surface area contributed by atoms with Crippen molar-refractivity contribution in [1.29, 1.82) is 0 Å². The van der Waals surface area contributed by atoms with Gasteiger partial charge in [-0.1, -0.05) is 23.4 Å². The molecule has 3 aromatic rings. The number of aliphatic hydroxyl groups excluding tert-OH is 1. The molecule has 0 amide bonds. The van der Waals surface area contributed by atoms with Crippen molar-refractivity contribution < 1.29 is 14.4 Å². The number of fused-ring (bicyclic) bond motifs is 1. The molecule has 1 heterocycles. The smallest absolute Gasteiger partial charge is 0.258 e. The Labute approximate surface area is 183 Å². The van der Waals surface area contributed by atoms with Crippen molar-refractivity contribution in [3.05, 3.63) is 47.5 Å². The van der Waals surface area contributed by atoms with Crippen LogP contribution in [0.15, 0.2) is 40.9 Å². The molecule has 1 atom stereocenters. The van der Waals surface area contributed by atoms with Crippen LogP contribution in [0, 0.1) is 0 Å². The molecule has 0 fully saturated rings. The summed E-state index contributed by atoms with van der Waals surface area (Å²) in [4.78, 5) is 6.91. The monoisotopic (exact) mass is 422 g/mol. The zero-order valence-corrected chi connectivity index (χ0v) is 18.6. The van der Waals surface area contributed by atoms with Gasteiger partial charge in [-0.3, -0.25) is 4.90 Å². The zero-order valence-electron chi connectivity index (χ0n) is 18.6. The second-order valence-corrected chi connectivity index (χ2v) is 8.18. The molecule has 7 heteroatoms. The lowest BCUT2D eigenvalue weighted by Crippen LogP contribution is -2.26. The quantitative estimate of drug-likeness (QED) is 0.564. The third kappa shape index (κ3) is 4.29. The minimum absolute atomic E-state index is 0.0911. The molecule has 164 valence electrons. The van der Waals surface area contributed by atoms with Crippen molar-refractivity contribution in [3.63, 3.8) is 0 Å². The SMILES string of the molecule is CNc1cc(-c2nc(-c3cccc4c3CC[C@H]4N(C)CCO)no2)ccc1OC(C)C. The van der Waals surface area contributed by atoms with E-state index in [1.807, 2.05) is 45.2 Å². The number of hydrogen-bond donors (Lipinski definition) is 2. The van der Waals surface area contributed by atoms with E-state index in [1.54, 1.807) is 0 Å². The number of nitrogens with one attached hydrogen (secondary N) is 1. The Morgan fingerprint density at radius 3 is 2.87 bits per heavy atom. The molecular weight excluding hydrogens is 392 g/mol. The maximum absolute atomic E-state index is 9.30. The van der Waals surface area contributed by atoms with Crippen LogP contribution >= 0.6 is 0 Å². The molecule has 0 bridgehead atoms. The summed E-state index contributed by atoms with van der Waals surface area (Å²) in [5.41, 5.74) is 5.28. The van der Waals surface area contributed by atoms with Crippen LogP contribution in [-0.4, -0.2) is 53.5 Å². The van der Waals surface area contributed by atoms with Gasteiger partial charge in [0.15, 0.2) is 0 Å². The Hall–Kier alpha value is -2.90. The Morgan fingerprint density at radius 1 is 1.29 bits per heavy atom. The van der Waals surface area contributed by atoms with E-state index >= 15 is 0 Å². The van der Waals surface area contributed by atoms with Crippen LogP contribution in [0.1, 0.15) is 37.4 Å². The first-order valence-corrected chi connectivity index (χ1v) is 10.8. The highest BCUT2D eigenvalue weighted by Crippen LogP contribution is 2.40. The fourth-order valence-electron chi connectivity index (χ4n) is 4.28. The van der Waals surface area contributed by atoms with Gasteiger partial charge in [0.25, 0.3) is 5.89 Å². The van der Waals surface area contributed by atoms with E-state index in [2.05, 4.69) is 34.6 Å². The van der Waals surface area contributed by atoms with Gasteiger partial charge in [0, 0.05) is 30.8 Å². The molecule has 0 saturated carbocycles. The van der Waals surface area contributed by atoms with Crippen molar-refractivity contribution in [2.75, 3.05) is 32.6 Å². The highest BCUT2D eigenvalue weighted by atomic mass is 16.5. The number of hydrogen-bond acceptors (Lipinski definition) is 7. The molecule has 0 aliphatic heterocycles. The molecule has 4 rings (SSSR count). The van der Waals surface area contributed by atoms with Gasteiger partial charge in [-0.05, 0) is 63.1 Å². The predicted octanol–water partition coefficient (Wildman–Crippen LogP) is 4.14. The summed E-state index contributed by atoms with van der Waals surface area (Å²) in [5.74, 6) is 1.87. The van der Waals surface area contributed by atoms with Gasteiger partial charge in [0.1, 0.15) is 5.75 Å². The predicted molar refractivity (Wildman–Crippen MR) is 121 cm³/mol. The van der Waals surface area contributed by atoms with Gasteiger partial charge in [-0.25, -0.2) is 0 Å². The highest BCUT2D eigenvalue weighted by molar-refractivity contribution is 5.70. The van der Waals surface area contributed by atoms with E-state index in [-0.39, 0.29) is 12.7 Å². The number of anilines is 1. The van der Waals surface area contributed by atoms with Crippen LogP contribution in [0.4, 0.5) is 5.69 Å². The Morgan fingerprint density at radius 2 is 2.13 bits per heavy atom. The normalized spacial score (nSPS) is 15.5. The summed E-state index contributed by atoms with van der Waals surface area (Å²) in [6.07, 6.45) is 2.07. The van der Waals surface area contributed by atoms with Crippen LogP contribution in [0.5, 0.6) is 5.75 Å². The lowest BCUT2D eigenvalue weighted by atomic mass is 10.0. The summed E-state index contributed by atoms with van der Waals surface area (Å²) >= 11 is 0. The highest BCUT2D eigenvalue weighted by Gasteiger charge is 2.29. The van der Waals surface area contributed by atoms with Crippen LogP contribution in [0.2, 0.25) is 0 Å². The van der Waals surface area contributed by atoms with Crippen LogP contribution < -0.4 is 10.1 Å². The van der Waals surface area contributed by atoms with Crippen molar-refractivity contribution >= 4 is 5.69 Å². The summed E-state index contributed by atoms with van der Waals surface area (Å²) in [7, 11) is 3.92. The third-order valence-corrected chi connectivity index (χ3v) is 5.75. The Bertz CT molecular complexity index is 1050. The Balaban J connectivity index is 1.64. The summed E-state index contributed by atoms with van der Waals surface area (Å²) in [6, 6.07) is 12.4. The molecule has 2 aromatic carbocycles. The third-order valence-electron chi connectivity index (χ3n) is 5.75. The molecule has 1 aliphatic carbocycles. The van der Waals surface area contributed by atoms with E-state index in [1.165, 1.54) is 11.1 Å². The first-order chi connectivity index (χ1) is 15.0. The standard InChI is InChI=1S/C24H30N4O3/c1-15(2)30-22-11-8-16(14-20(22)25-3)24-26-23(27-31-24)19-7-5-6-18-17(19)9-10-21(18)28(4)12-13-29/h5-8,11,14-15,21,25,29H,9-10,12-13H2,1-4H3/t21-/m1/s1. The van der Waals surface area contributed by atoms with Crippen molar-refractivity contribution in [2.24, 2.45) is 0 Å². The maximum atomic E-state index is 9.30. The van der Waals surface area contributed by atoms with E-state index in [0.29, 0.717) is 24.3 Å². The van der Waals surface area contributed by atoms with Crippen molar-refractivity contribution in [3.8, 4) is 28.6 Å². The summed E-state index contributed by atoms with van der Waals surface area (Å²) in [5, 5.41) is 16.8. The van der Waals surface area contributed by atoms with E-state index in [9.17, 15) is 5.11 Å². The second-order valence-electron chi connectivity index (χ2n) is 8.18. The van der Waals surface area contributed by atoms with E-state index < -0.39 is 0 Å². The van der Waals surface area contributed by atoms with Gasteiger partial charge in [0.05, 0.1) is 18.4 Å². The summed E-state index contributed by atoms with van der Waals surface area (Å²) in [6.45, 7) is 4.82.